The molecule has 1 amide bonds. The molecule has 0 atom stereocenters. The maximum Gasteiger partial charge on any atom is 0.271 e. The van der Waals surface area contributed by atoms with Gasteiger partial charge in [0.15, 0.2) is 0 Å². The Morgan fingerprint density at radius 2 is 1.61 bits per heavy atom. The summed E-state index contributed by atoms with van der Waals surface area (Å²) in [6, 6.07) is 20.4. The number of hydrogen-bond donors (Lipinski definition) is 1. The van der Waals surface area contributed by atoms with E-state index < -0.39 is 10.0 Å². The topological polar surface area (TPSA) is 78.8 Å². The molecule has 188 valence electrons. The van der Waals surface area contributed by atoms with E-state index in [2.05, 4.69) is 10.5 Å². The third kappa shape index (κ3) is 6.33. The van der Waals surface area contributed by atoms with Gasteiger partial charge in [0.05, 0.1) is 17.1 Å². The highest BCUT2D eigenvalue weighted by Gasteiger charge is 2.26. The molecule has 1 N–H and O–H groups in total. The van der Waals surface area contributed by atoms with Crippen LogP contribution in [0.5, 0.6) is 0 Å². The molecule has 36 heavy (non-hydrogen) atoms. The number of benzene rings is 3. The maximum absolute atomic E-state index is 13.6. The lowest BCUT2D eigenvalue weighted by atomic mass is 10.1. The Balaban J connectivity index is 1.57. The van der Waals surface area contributed by atoms with Crippen molar-refractivity contribution in [2.45, 2.75) is 56.9 Å². The highest BCUT2D eigenvalue weighted by Crippen LogP contribution is 2.31. The molecule has 6 nitrogen and oxygen atoms in total. The molecule has 0 saturated heterocycles. The van der Waals surface area contributed by atoms with Crippen LogP contribution in [0, 0.1) is 6.92 Å². The second-order valence-electron chi connectivity index (χ2n) is 8.99. The van der Waals surface area contributed by atoms with Crippen LogP contribution < -0.4 is 9.73 Å². The van der Waals surface area contributed by atoms with Gasteiger partial charge in [0.1, 0.15) is 0 Å². The number of anilines is 1. The predicted octanol–water partition coefficient (Wildman–Crippen LogP) is 6.48. The first-order valence-electron chi connectivity index (χ1n) is 12.1. The molecule has 0 aromatic heterocycles. The second kappa shape index (κ2) is 11.7. The zero-order chi connectivity index (χ0) is 25.5. The SMILES string of the molecule is Cc1ccc(Cl)cc1N(Cc1ccc(C(=O)NN=C2CCCCCC2)cc1)S(=O)(=O)c1ccccc1. The van der Waals surface area contributed by atoms with Crippen molar-refractivity contribution in [2.75, 3.05) is 4.31 Å². The summed E-state index contributed by atoms with van der Waals surface area (Å²) in [6.07, 6.45) is 6.48. The van der Waals surface area contributed by atoms with E-state index in [-0.39, 0.29) is 17.3 Å². The molecule has 3 aromatic carbocycles. The van der Waals surface area contributed by atoms with Gasteiger partial charge in [-0.3, -0.25) is 9.10 Å². The summed E-state index contributed by atoms with van der Waals surface area (Å²) < 4.78 is 28.6. The number of hydrazone groups is 1. The van der Waals surface area contributed by atoms with Crippen molar-refractivity contribution in [3.63, 3.8) is 0 Å². The first-order valence-corrected chi connectivity index (χ1v) is 13.9. The fourth-order valence-corrected chi connectivity index (χ4v) is 5.94. The van der Waals surface area contributed by atoms with Crippen LogP contribution in [0.2, 0.25) is 5.02 Å². The number of nitrogens with one attached hydrogen (secondary N) is 1. The molecule has 8 heteroatoms. The number of rotatable bonds is 7. The van der Waals surface area contributed by atoms with Gasteiger partial charge < -0.3 is 0 Å². The van der Waals surface area contributed by atoms with Gasteiger partial charge in [-0.05, 0) is 80.1 Å². The lowest BCUT2D eigenvalue weighted by Gasteiger charge is -2.26. The Labute approximate surface area is 218 Å². The number of carbonyl (C=O) groups excluding carboxylic acids is 1. The molecular weight excluding hydrogens is 494 g/mol. The Morgan fingerprint density at radius 3 is 2.28 bits per heavy atom. The maximum atomic E-state index is 13.6. The largest absolute Gasteiger partial charge is 0.271 e. The normalized spacial score (nSPS) is 14.1. The fourth-order valence-electron chi connectivity index (χ4n) is 4.24. The van der Waals surface area contributed by atoms with Crippen molar-refractivity contribution in [1.82, 2.24) is 5.43 Å². The zero-order valence-electron chi connectivity index (χ0n) is 20.3. The minimum atomic E-state index is -3.86. The molecule has 3 aromatic rings. The summed E-state index contributed by atoms with van der Waals surface area (Å²) >= 11 is 6.23. The first-order chi connectivity index (χ1) is 17.3. The van der Waals surface area contributed by atoms with Crippen molar-refractivity contribution in [1.29, 1.82) is 0 Å². The molecule has 0 heterocycles. The highest BCUT2D eigenvalue weighted by molar-refractivity contribution is 7.92. The molecular formula is C28H30ClN3O3S. The number of nitrogens with zero attached hydrogens (tertiary/aromatic N) is 2. The van der Waals surface area contributed by atoms with Crippen molar-refractivity contribution in [2.24, 2.45) is 5.10 Å². The van der Waals surface area contributed by atoms with Crippen molar-refractivity contribution >= 4 is 38.9 Å². The van der Waals surface area contributed by atoms with E-state index in [1.54, 1.807) is 72.8 Å². The minimum Gasteiger partial charge on any atom is -0.267 e. The van der Waals surface area contributed by atoms with E-state index in [0.29, 0.717) is 16.3 Å². The van der Waals surface area contributed by atoms with E-state index in [0.717, 1.165) is 42.5 Å². The van der Waals surface area contributed by atoms with Crippen LogP contribution in [-0.4, -0.2) is 20.0 Å². The average molecular weight is 524 g/mol. The second-order valence-corrected chi connectivity index (χ2v) is 11.3. The quantitative estimate of drug-likeness (QED) is 0.284. The van der Waals surface area contributed by atoms with Crippen molar-refractivity contribution < 1.29 is 13.2 Å². The summed E-state index contributed by atoms with van der Waals surface area (Å²) in [7, 11) is -3.86. The molecule has 1 aliphatic rings. The lowest BCUT2D eigenvalue weighted by molar-refractivity contribution is 0.0954. The highest BCUT2D eigenvalue weighted by atomic mass is 35.5. The van der Waals surface area contributed by atoms with Crippen LogP contribution in [0.1, 0.15) is 60.0 Å². The number of hydrogen-bond acceptors (Lipinski definition) is 4. The van der Waals surface area contributed by atoms with Gasteiger partial charge in [-0.1, -0.05) is 60.8 Å². The molecule has 1 saturated carbocycles. The molecule has 1 fully saturated rings. The van der Waals surface area contributed by atoms with E-state index in [1.807, 2.05) is 6.92 Å². The summed E-state index contributed by atoms with van der Waals surface area (Å²) in [5.74, 6) is -0.280. The van der Waals surface area contributed by atoms with Gasteiger partial charge in [-0.25, -0.2) is 13.8 Å². The standard InChI is InChI=1S/C28H30ClN3O3S/c1-21-13-18-24(29)19-27(21)32(36(34,35)26-11-7-4-8-12-26)20-22-14-16-23(17-15-22)28(33)31-30-25-9-5-2-3-6-10-25/h4,7-8,11-19H,2-3,5-6,9-10,20H2,1H3,(H,31,33). The van der Waals surface area contributed by atoms with Gasteiger partial charge >= 0.3 is 0 Å². The smallest absolute Gasteiger partial charge is 0.267 e. The molecule has 0 aliphatic heterocycles. The van der Waals surface area contributed by atoms with E-state index in [9.17, 15) is 13.2 Å². The summed E-state index contributed by atoms with van der Waals surface area (Å²) in [5, 5.41) is 4.78. The number of halogens is 1. The van der Waals surface area contributed by atoms with Gasteiger partial charge in [-0.2, -0.15) is 5.10 Å². The molecule has 0 spiro atoms. The number of carbonyl (C=O) groups is 1. The average Bonchev–Trinajstić information content (AvgIpc) is 3.17. The van der Waals surface area contributed by atoms with E-state index >= 15 is 0 Å². The van der Waals surface area contributed by atoms with E-state index in [1.165, 1.54) is 17.1 Å². The molecule has 0 radical (unpaired) electrons. The van der Waals surface area contributed by atoms with Crippen molar-refractivity contribution in [3.8, 4) is 0 Å². The van der Waals surface area contributed by atoms with Crippen molar-refractivity contribution in [3.05, 3.63) is 94.5 Å². The summed E-state index contributed by atoms with van der Waals surface area (Å²) in [4.78, 5) is 12.8. The molecule has 4 rings (SSSR count). The van der Waals surface area contributed by atoms with Crippen LogP contribution in [0.3, 0.4) is 0 Å². The Morgan fingerprint density at radius 1 is 0.944 bits per heavy atom. The Hall–Kier alpha value is -3.16. The van der Waals surface area contributed by atoms with Gasteiger partial charge in [0.25, 0.3) is 15.9 Å². The Kier molecular flexibility index (Phi) is 8.44. The summed E-state index contributed by atoms with van der Waals surface area (Å²) in [6.45, 7) is 1.94. The molecule has 1 aliphatic carbocycles. The third-order valence-electron chi connectivity index (χ3n) is 6.31. The Bertz CT molecular complexity index is 1330. The van der Waals surface area contributed by atoms with Crippen LogP contribution in [0.15, 0.2) is 82.8 Å². The van der Waals surface area contributed by atoms with Gasteiger partial charge in [-0.15, -0.1) is 0 Å². The molecule has 0 unspecified atom stereocenters. The summed E-state index contributed by atoms with van der Waals surface area (Å²) in [5.41, 5.74) is 6.20. The number of aryl methyl sites for hydroxylation is 1. The lowest BCUT2D eigenvalue weighted by Crippen LogP contribution is -2.31. The predicted molar refractivity (Wildman–Crippen MR) is 145 cm³/mol. The monoisotopic (exact) mass is 523 g/mol. The van der Waals surface area contributed by atoms with Gasteiger partial charge in [0.2, 0.25) is 0 Å². The first kappa shape index (κ1) is 25.9. The third-order valence-corrected chi connectivity index (χ3v) is 8.32. The minimum absolute atomic E-state index is 0.0859. The van der Waals surface area contributed by atoms with Crippen LogP contribution in [0.4, 0.5) is 5.69 Å². The number of amides is 1. The van der Waals surface area contributed by atoms with Crippen LogP contribution in [0.25, 0.3) is 0 Å². The zero-order valence-corrected chi connectivity index (χ0v) is 21.9. The van der Waals surface area contributed by atoms with Crippen LogP contribution >= 0.6 is 11.6 Å². The van der Waals surface area contributed by atoms with E-state index in [4.69, 9.17) is 11.6 Å². The van der Waals surface area contributed by atoms with Gasteiger partial charge in [0, 0.05) is 16.3 Å². The molecule has 0 bridgehead atoms. The fraction of sp³-hybridized carbons (Fsp3) is 0.286. The number of sulfonamides is 1. The van der Waals surface area contributed by atoms with Crippen LogP contribution in [-0.2, 0) is 16.6 Å².